The van der Waals surface area contributed by atoms with Gasteiger partial charge in [0.05, 0.1) is 5.52 Å². The number of hydrogen-bond donors (Lipinski definition) is 1. The summed E-state index contributed by atoms with van der Waals surface area (Å²) >= 11 is 0. The zero-order chi connectivity index (χ0) is 13.6. The van der Waals surface area contributed by atoms with E-state index in [1.54, 1.807) is 24.3 Å². The van der Waals surface area contributed by atoms with Crippen LogP contribution in [0.25, 0.3) is 16.6 Å². The molecule has 3 rings (SSSR count). The molecule has 0 fully saturated rings. The minimum absolute atomic E-state index is 0.00130. The number of benzene rings is 1. The maximum Gasteiger partial charge on any atom is 0.575 e. The molecule has 2 heterocycles. The van der Waals surface area contributed by atoms with Gasteiger partial charge in [-0.25, -0.2) is 4.79 Å². The first-order chi connectivity index (χ1) is 8.94. The van der Waals surface area contributed by atoms with Crippen LogP contribution in [0.5, 0.6) is 6.01 Å². The van der Waals surface area contributed by atoms with Crippen molar-refractivity contribution >= 4 is 16.6 Å². The minimum atomic E-state index is -4.91. The number of para-hydroxylation sites is 1. The number of alkyl halides is 3. The second-order valence-corrected chi connectivity index (χ2v) is 3.65. The van der Waals surface area contributed by atoms with Gasteiger partial charge in [0, 0.05) is 5.39 Å². The number of aromatic nitrogens is 4. The van der Waals surface area contributed by atoms with Gasteiger partial charge in [-0.1, -0.05) is 12.1 Å². The molecule has 0 radical (unpaired) electrons. The molecule has 0 amide bonds. The molecule has 3 aromatic rings. The summed E-state index contributed by atoms with van der Waals surface area (Å²) in [4.78, 5) is 17.7. The summed E-state index contributed by atoms with van der Waals surface area (Å²) in [6.07, 6.45) is -4.91. The lowest BCUT2D eigenvalue weighted by molar-refractivity contribution is -0.277. The number of nitrogens with zero attached hydrogens (tertiary/aromatic N) is 3. The fraction of sp³-hybridized carbons (Fsp3) is 0.100. The van der Waals surface area contributed by atoms with Gasteiger partial charge in [-0.2, -0.15) is 9.50 Å². The van der Waals surface area contributed by atoms with Gasteiger partial charge in [-0.05, 0) is 12.1 Å². The average Bonchev–Trinajstić information content (AvgIpc) is 2.71. The summed E-state index contributed by atoms with van der Waals surface area (Å²) < 4.78 is 40.6. The molecule has 98 valence electrons. The highest BCUT2D eigenvalue weighted by atomic mass is 19.4. The number of aromatic amines is 1. The Hall–Kier alpha value is -2.58. The van der Waals surface area contributed by atoms with Gasteiger partial charge < -0.3 is 9.72 Å². The maximum atomic E-state index is 12.1. The van der Waals surface area contributed by atoms with E-state index in [-0.39, 0.29) is 5.65 Å². The van der Waals surface area contributed by atoms with Crippen LogP contribution in [0.1, 0.15) is 0 Å². The van der Waals surface area contributed by atoms with E-state index in [0.717, 1.165) is 4.52 Å². The lowest BCUT2D eigenvalue weighted by Gasteiger charge is -2.02. The van der Waals surface area contributed by atoms with Gasteiger partial charge >= 0.3 is 18.1 Å². The quantitative estimate of drug-likeness (QED) is 0.726. The minimum Gasteiger partial charge on any atom is -0.369 e. The van der Waals surface area contributed by atoms with Crippen molar-refractivity contribution in [3.63, 3.8) is 0 Å². The van der Waals surface area contributed by atoms with E-state index in [1.165, 1.54) is 0 Å². The van der Waals surface area contributed by atoms with Crippen LogP contribution in [0.3, 0.4) is 0 Å². The topological polar surface area (TPSA) is 72.3 Å². The number of rotatable bonds is 1. The predicted molar refractivity (Wildman–Crippen MR) is 57.8 cm³/mol. The molecular weight excluding hydrogens is 265 g/mol. The monoisotopic (exact) mass is 270 g/mol. The van der Waals surface area contributed by atoms with Gasteiger partial charge in [-0.3, -0.25) is 0 Å². The third-order valence-electron chi connectivity index (χ3n) is 2.40. The Morgan fingerprint density at radius 3 is 2.74 bits per heavy atom. The van der Waals surface area contributed by atoms with E-state index in [2.05, 4.69) is 19.8 Å². The van der Waals surface area contributed by atoms with Crippen LogP contribution in [0.4, 0.5) is 13.2 Å². The van der Waals surface area contributed by atoms with Gasteiger partial charge in [0.15, 0.2) is 5.65 Å². The summed E-state index contributed by atoms with van der Waals surface area (Å²) in [5.74, 6) is 0. The van der Waals surface area contributed by atoms with E-state index in [4.69, 9.17) is 0 Å². The SMILES string of the molecule is O=c1[nH]c2ccccc2c2nc(OC(F)(F)F)nn12. The Bertz CT molecular complexity index is 821. The molecule has 0 atom stereocenters. The zero-order valence-electron chi connectivity index (χ0n) is 9.10. The molecule has 1 N–H and O–H groups in total. The average molecular weight is 270 g/mol. The van der Waals surface area contributed by atoms with Gasteiger partial charge in [0.2, 0.25) is 0 Å². The summed E-state index contributed by atoms with van der Waals surface area (Å²) in [6, 6.07) is 5.63. The van der Waals surface area contributed by atoms with Crippen molar-refractivity contribution in [2.24, 2.45) is 0 Å². The molecule has 0 saturated heterocycles. The fourth-order valence-corrected chi connectivity index (χ4v) is 1.71. The highest BCUT2D eigenvalue weighted by molar-refractivity contribution is 5.90. The smallest absolute Gasteiger partial charge is 0.369 e. The Labute approximate surface area is 102 Å². The summed E-state index contributed by atoms with van der Waals surface area (Å²) in [7, 11) is 0. The van der Waals surface area contributed by atoms with E-state index in [1.807, 2.05) is 0 Å². The molecule has 19 heavy (non-hydrogen) atoms. The lowest BCUT2D eigenvalue weighted by atomic mass is 10.2. The molecule has 6 nitrogen and oxygen atoms in total. The van der Waals surface area contributed by atoms with Crippen molar-refractivity contribution in [1.82, 2.24) is 19.6 Å². The van der Waals surface area contributed by atoms with E-state index < -0.39 is 18.1 Å². The van der Waals surface area contributed by atoms with Crippen molar-refractivity contribution in [3.05, 3.63) is 34.7 Å². The number of H-pyrrole nitrogens is 1. The lowest BCUT2D eigenvalue weighted by Crippen LogP contribution is -2.19. The van der Waals surface area contributed by atoms with Crippen LogP contribution in [-0.2, 0) is 0 Å². The third-order valence-corrected chi connectivity index (χ3v) is 2.40. The summed E-state index contributed by atoms with van der Waals surface area (Å²) in [6.45, 7) is 0. The largest absolute Gasteiger partial charge is 0.575 e. The molecule has 0 unspecified atom stereocenters. The fourth-order valence-electron chi connectivity index (χ4n) is 1.71. The van der Waals surface area contributed by atoms with Gasteiger partial charge in [0.25, 0.3) is 0 Å². The van der Waals surface area contributed by atoms with Crippen LogP contribution < -0.4 is 10.4 Å². The first-order valence-corrected chi connectivity index (χ1v) is 5.07. The molecule has 0 saturated carbocycles. The second kappa shape index (κ2) is 3.70. The molecule has 1 aromatic carbocycles. The Kier molecular flexibility index (Phi) is 2.24. The Morgan fingerprint density at radius 1 is 1.26 bits per heavy atom. The second-order valence-electron chi connectivity index (χ2n) is 3.65. The van der Waals surface area contributed by atoms with Crippen LogP contribution in [0, 0.1) is 0 Å². The van der Waals surface area contributed by atoms with Crippen molar-refractivity contribution in [2.75, 3.05) is 0 Å². The van der Waals surface area contributed by atoms with Crippen LogP contribution in [0.2, 0.25) is 0 Å². The molecule has 0 aliphatic carbocycles. The standard InChI is InChI=1S/C10H5F3N4O2/c11-10(12,13)19-8-15-7-5-3-1-2-4-6(5)14-9(18)17(7)16-8/h1-4H,(H,14,18). The first kappa shape index (κ1) is 11.5. The first-order valence-electron chi connectivity index (χ1n) is 5.07. The molecule has 0 bridgehead atoms. The summed E-state index contributed by atoms with van der Waals surface area (Å²) in [5, 5.41) is 3.83. The highest BCUT2D eigenvalue weighted by Gasteiger charge is 2.33. The molecule has 0 spiro atoms. The van der Waals surface area contributed by atoms with Crippen LogP contribution in [0.15, 0.2) is 29.1 Å². The third kappa shape index (κ3) is 1.98. The number of halogens is 3. The van der Waals surface area contributed by atoms with Gasteiger partial charge in [-0.15, -0.1) is 18.3 Å². The van der Waals surface area contributed by atoms with Crippen molar-refractivity contribution in [3.8, 4) is 6.01 Å². The molecule has 0 aliphatic heterocycles. The molecule has 0 aliphatic rings. The van der Waals surface area contributed by atoms with Crippen LogP contribution in [-0.4, -0.2) is 25.9 Å². The molecule has 9 heteroatoms. The van der Waals surface area contributed by atoms with Crippen molar-refractivity contribution < 1.29 is 17.9 Å². The number of fused-ring (bicyclic) bond motifs is 3. The predicted octanol–water partition coefficient (Wildman–Crippen LogP) is 1.47. The maximum absolute atomic E-state index is 12.1. The molecular formula is C10H5F3N4O2. The molecule has 2 aromatic heterocycles. The Morgan fingerprint density at radius 2 is 2.00 bits per heavy atom. The number of ether oxygens (including phenoxy) is 1. The van der Waals surface area contributed by atoms with Crippen molar-refractivity contribution in [1.29, 1.82) is 0 Å². The highest BCUT2D eigenvalue weighted by Crippen LogP contribution is 2.21. The van der Waals surface area contributed by atoms with Crippen molar-refractivity contribution in [2.45, 2.75) is 6.36 Å². The number of nitrogens with one attached hydrogen (secondary N) is 1. The van der Waals surface area contributed by atoms with E-state index in [9.17, 15) is 18.0 Å². The van der Waals surface area contributed by atoms with Gasteiger partial charge in [0.1, 0.15) is 0 Å². The Balaban J connectivity index is 2.30. The zero-order valence-corrected chi connectivity index (χ0v) is 9.10. The van der Waals surface area contributed by atoms with E-state index >= 15 is 0 Å². The normalized spacial score (nSPS) is 12.2. The van der Waals surface area contributed by atoms with E-state index in [0.29, 0.717) is 10.9 Å². The van der Waals surface area contributed by atoms with Crippen LogP contribution >= 0.6 is 0 Å². The number of hydrogen-bond acceptors (Lipinski definition) is 4. The summed E-state index contributed by atoms with van der Waals surface area (Å²) in [5.41, 5.74) is -0.247.